The molecule has 74 valence electrons. The van der Waals surface area contributed by atoms with Crippen LogP contribution in [0.25, 0.3) is 0 Å². The van der Waals surface area contributed by atoms with Crippen LogP contribution in [0.15, 0.2) is 18.2 Å². The van der Waals surface area contributed by atoms with Crippen molar-refractivity contribution in [3.05, 3.63) is 29.3 Å². The average molecular weight is 192 g/mol. The predicted octanol–water partition coefficient (Wildman–Crippen LogP) is 1.03. The second kappa shape index (κ2) is 3.10. The first-order valence-electron chi connectivity index (χ1n) is 4.58. The van der Waals surface area contributed by atoms with Gasteiger partial charge in [0.05, 0.1) is 6.61 Å². The summed E-state index contributed by atoms with van der Waals surface area (Å²) >= 11 is 0. The molecule has 2 rings (SSSR count). The smallest absolute Gasteiger partial charge is 0.155 e. The normalized spacial score (nSPS) is 18.1. The van der Waals surface area contributed by atoms with Gasteiger partial charge in [-0.1, -0.05) is 6.07 Å². The quantitative estimate of drug-likeness (QED) is 0.712. The van der Waals surface area contributed by atoms with E-state index in [-0.39, 0.29) is 0 Å². The van der Waals surface area contributed by atoms with Gasteiger partial charge in [-0.2, -0.15) is 0 Å². The molecule has 0 radical (unpaired) electrons. The van der Waals surface area contributed by atoms with E-state index in [2.05, 4.69) is 0 Å². The van der Waals surface area contributed by atoms with Crippen LogP contribution in [0.3, 0.4) is 0 Å². The summed E-state index contributed by atoms with van der Waals surface area (Å²) in [5.74, 6) is 0.857. The van der Waals surface area contributed by atoms with Crippen LogP contribution >= 0.6 is 0 Å². The second-order valence-electron chi connectivity index (χ2n) is 3.69. The van der Waals surface area contributed by atoms with Crippen molar-refractivity contribution in [2.24, 2.45) is 0 Å². The molecule has 1 heterocycles. The first-order chi connectivity index (χ1) is 6.63. The lowest BCUT2D eigenvalue weighted by Crippen LogP contribution is -2.22. The monoisotopic (exact) mass is 192 g/mol. The summed E-state index contributed by atoms with van der Waals surface area (Å²) < 4.78 is 5.33. The van der Waals surface area contributed by atoms with Gasteiger partial charge in [0, 0.05) is 6.42 Å². The predicted molar refractivity (Wildman–Crippen MR) is 51.3 cm³/mol. The molecule has 0 spiro atoms. The highest BCUT2D eigenvalue weighted by Gasteiger charge is 2.24. The number of aliphatic hydroxyl groups is 1. The van der Waals surface area contributed by atoms with Crippen molar-refractivity contribution in [2.75, 3.05) is 6.61 Å². The fourth-order valence-electron chi connectivity index (χ4n) is 1.57. The molecule has 1 atom stereocenters. The summed E-state index contributed by atoms with van der Waals surface area (Å²) in [4.78, 5) is 10.6. The van der Waals surface area contributed by atoms with E-state index in [1.54, 1.807) is 12.1 Å². The van der Waals surface area contributed by atoms with E-state index >= 15 is 0 Å². The number of carbonyl (C=O) groups is 1. The van der Waals surface area contributed by atoms with Crippen LogP contribution in [0.1, 0.15) is 18.1 Å². The molecule has 1 N–H and O–H groups in total. The third-order valence-electron chi connectivity index (χ3n) is 2.50. The minimum absolute atomic E-state index is 0.546. The average Bonchev–Trinajstić information content (AvgIpc) is 2.64. The number of fused-ring (bicyclic) bond motifs is 1. The molecule has 0 aliphatic carbocycles. The molecule has 1 aromatic carbocycles. The van der Waals surface area contributed by atoms with Crippen LogP contribution in [-0.4, -0.2) is 18.0 Å². The molecule has 14 heavy (non-hydrogen) atoms. The lowest BCUT2D eigenvalue weighted by molar-refractivity contribution is -0.123. The zero-order valence-corrected chi connectivity index (χ0v) is 7.99. The lowest BCUT2D eigenvalue weighted by Gasteiger charge is -2.16. The molecule has 0 saturated heterocycles. The largest absolute Gasteiger partial charge is 0.493 e. The molecule has 1 aromatic rings. The Morgan fingerprint density at radius 2 is 2.36 bits per heavy atom. The highest BCUT2D eigenvalue weighted by atomic mass is 16.5. The maximum Gasteiger partial charge on any atom is 0.155 e. The van der Waals surface area contributed by atoms with Gasteiger partial charge in [0.15, 0.2) is 6.29 Å². The van der Waals surface area contributed by atoms with Gasteiger partial charge >= 0.3 is 0 Å². The Morgan fingerprint density at radius 1 is 1.57 bits per heavy atom. The summed E-state index contributed by atoms with van der Waals surface area (Å²) in [7, 11) is 0. The van der Waals surface area contributed by atoms with E-state index in [9.17, 15) is 9.90 Å². The van der Waals surface area contributed by atoms with Crippen LogP contribution in [0, 0.1) is 0 Å². The summed E-state index contributed by atoms with van der Waals surface area (Å²) in [6, 6.07) is 5.35. The number of hydrogen-bond donors (Lipinski definition) is 1. The molecule has 0 amide bonds. The summed E-state index contributed by atoms with van der Waals surface area (Å²) in [6.07, 6.45) is 1.39. The highest BCUT2D eigenvalue weighted by molar-refractivity contribution is 5.65. The number of aldehydes is 1. The van der Waals surface area contributed by atoms with E-state index in [0.717, 1.165) is 17.7 Å². The molecule has 0 saturated carbocycles. The first-order valence-corrected chi connectivity index (χ1v) is 4.58. The minimum atomic E-state index is -1.39. The summed E-state index contributed by atoms with van der Waals surface area (Å²) in [6.45, 7) is 2.17. The molecule has 0 aromatic heterocycles. The van der Waals surface area contributed by atoms with Crippen molar-refractivity contribution >= 4 is 6.29 Å². The molecule has 3 heteroatoms. The van der Waals surface area contributed by atoms with Crippen LogP contribution in [0.4, 0.5) is 0 Å². The van der Waals surface area contributed by atoms with Crippen LogP contribution < -0.4 is 4.74 Å². The number of benzene rings is 1. The van der Waals surface area contributed by atoms with Gasteiger partial charge in [-0.3, -0.25) is 4.79 Å². The SMILES string of the molecule is CC(O)(C=O)c1ccc2c(c1)CCO2. The van der Waals surface area contributed by atoms with Crippen molar-refractivity contribution in [1.29, 1.82) is 0 Å². The minimum Gasteiger partial charge on any atom is -0.493 e. The van der Waals surface area contributed by atoms with Crippen molar-refractivity contribution in [3.63, 3.8) is 0 Å². The van der Waals surface area contributed by atoms with Crippen molar-refractivity contribution in [3.8, 4) is 5.75 Å². The van der Waals surface area contributed by atoms with E-state index in [0.29, 0.717) is 18.5 Å². The molecule has 1 aliphatic rings. The third kappa shape index (κ3) is 1.40. The Balaban J connectivity index is 2.42. The number of hydrogen-bond acceptors (Lipinski definition) is 3. The molecule has 1 aliphatic heterocycles. The zero-order valence-electron chi connectivity index (χ0n) is 7.99. The Bertz CT molecular complexity index is 369. The number of rotatable bonds is 2. The zero-order chi connectivity index (χ0) is 10.2. The van der Waals surface area contributed by atoms with Crippen LogP contribution in [0.2, 0.25) is 0 Å². The molecule has 0 fully saturated rings. The Morgan fingerprint density at radius 3 is 3.07 bits per heavy atom. The number of carbonyl (C=O) groups excluding carboxylic acids is 1. The maximum absolute atomic E-state index is 10.6. The van der Waals surface area contributed by atoms with Gasteiger partial charge in [-0.05, 0) is 30.2 Å². The molecule has 3 nitrogen and oxygen atoms in total. The van der Waals surface area contributed by atoms with Crippen molar-refractivity contribution in [1.82, 2.24) is 0 Å². The topological polar surface area (TPSA) is 46.5 Å². The van der Waals surface area contributed by atoms with E-state index < -0.39 is 5.60 Å². The van der Waals surface area contributed by atoms with E-state index in [1.165, 1.54) is 6.92 Å². The van der Waals surface area contributed by atoms with E-state index in [1.807, 2.05) is 6.07 Å². The molecule has 1 unspecified atom stereocenters. The van der Waals surface area contributed by atoms with Gasteiger partial charge in [0.25, 0.3) is 0 Å². The Kier molecular flexibility index (Phi) is 2.04. The van der Waals surface area contributed by atoms with E-state index in [4.69, 9.17) is 4.74 Å². The van der Waals surface area contributed by atoms with Gasteiger partial charge in [0.2, 0.25) is 0 Å². The standard InChI is InChI=1S/C11H12O3/c1-11(13,7-12)9-2-3-10-8(6-9)4-5-14-10/h2-3,6-7,13H,4-5H2,1H3. The lowest BCUT2D eigenvalue weighted by atomic mass is 9.95. The Hall–Kier alpha value is -1.35. The van der Waals surface area contributed by atoms with Crippen LogP contribution in [0.5, 0.6) is 5.75 Å². The fourth-order valence-corrected chi connectivity index (χ4v) is 1.57. The molecular weight excluding hydrogens is 180 g/mol. The maximum atomic E-state index is 10.6. The van der Waals surface area contributed by atoms with Gasteiger partial charge in [0.1, 0.15) is 11.4 Å². The summed E-state index contributed by atoms with van der Waals surface area (Å²) in [5, 5.41) is 9.72. The van der Waals surface area contributed by atoms with Crippen molar-refractivity contribution < 1.29 is 14.6 Å². The van der Waals surface area contributed by atoms with Gasteiger partial charge in [-0.25, -0.2) is 0 Å². The van der Waals surface area contributed by atoms with Crippen molar-refractivity contribution in [2.45, 2.75) is 18.9 Å². The fraction of sp³-hybridized carbons (Fsp3) is 0.364. The molecular formula is C11H12O3. The number of ether oxygens (including phenoxy) is 1. The van der Waals surface area contributed by atoms with Crippen LogP contribution in [-0.2, 0) is 16.8 Å². The first kappa shape index (κ1) is 9.21. The van der Waals surface area contributed by atoms with Gasteiger partial charge < -0.3 is 9.84 Å². The highest BCUT2D eigenvalue weighted by Crippen LogP contribution is 2.29. The Labute approximate surface area is 82.3 Å². The second-order valence-corrected chi connectivity index (χ2v) is 3.69. The molecule has 0 bridgehead atoms. The van der Waals surface area contributed by atoms with Gasteiger partial charge in [-0.15, -0.1) is 0 Å². The third-order valence-corrected chi connectivity index (χ3v) is 2.50. The summed E-state index contributed by atoms with van der Waals surface area (Å²) in [5.41, 5.74) is 0.291.